The molecule has 92 valence electrons. The molecule has 6 heteroatoms. The van der Waals surface area contributed by atoms with Crippen LogP contribution in [0.2, 0.25) is 0 Å². The molecule has 0 heterocycles. The maximum absolute atomic E-state index is 13.3. The summed E-state index contributed by atoms with van der Waals surface area (Å²) in [5.41, 5.74) is 5.72. The summed E-state index contributed by atoms with van der Waals surface area (Å²) in [5, 5.41) is 0. The normalized spacial score (nSPS) is 12.0. The third-order valence-corrected chi connectivity index (χ3v) is 3.46. The molecule has 1 atom stereocenters. The van der Waals surface area contributed by atoms with E-state index in [4.69, 9.17) is 18.0 Å². The van der Waals surface area contributed by atoms with Crippen LogP contribution < -0.4 is 5.73 Å². The van der Waals surface area contributed by atoms with Crippen LogP contribution in [0.5, 0.6) is 0 Å². The zero-order valence-electron chi connectivity index (χ0n) is 9.41. The Hall–Kier alpha value is -1.01. The van der Waals surface area contributed by atoms with Crippen LogP contribution in [-0.4, -0.2) is 28.9 Å². The molecule has 1 aromatic rings. The highest BCUT2D eigenvalue weighted by atomic mass is 79.9. The summed E-state index contributed by atoms with van der Waals surface area (Å²) in [7, 11) is 1.58. The molecule has 0 fully saturated rings. The fourth-order valence-electron chi connectivity index (χ4n) is 1.20. The van der Waals surface area contributed by atoms with Gasteiger partial charge in [-0.1, -0.05) is 12.2 Å². The first-order valence-corrected chi connectivity index (χ1v) is 6.06. The number of hydrogen-bond acceptors (Lipinski definition) is 2. The van der Waals surface area contributed by atoms with Crippen molar-refractivity contribution in [2.45, 2.75) is 13.0 Å². The lowest BCUT2D eigenvalue weighted by molar-refractivity contribution is 0.0778. The smallest absolute Gasteiger partial charge is 0.254 e. The Morgan fingerprint density at radius 2 is 2.18 bits per heavy atom. The Morgan fingerprint density at radius 3 is 2.65 bits per heavy atom. The molecular formula is C11H12BrFN2OS. The van der Waals surface area contributed by atoms with E-state index in [1.807, 2.05) is 0 Å². The molecule has 3 nitrogen and oxygen atoms in total. The Labute approximate surface area is 113 Å². The Kier molecular flexibility index (Phi) is 4.59. The number of likely N-dealkylation sites (N-methyl/N-ethyl adjacent to an activating group) is 1. The number of nitrogens with zero attached hydrogens (tertiary/aromatic N) is 1. The van der Waals surface area contributed by atoms with Gasteiger partial charge in [0.25, 0.3) is 5.91 Å². The largest absolute Gasteiger partial charge is 0.392 e. The van der Waals surface area contributed by atoms with Crippen LogP contribution in [0.15, 0.2) is 22.7 Å². The van der Waals surface area contributed by atoms with E-state index in [1.54, 1.807) is 14.0 Å². The molecule has 0 aromatic heterocycles. The summed E-state index contributed by atoms with van der Waals surface area (Å²) < 4.78 is 13.6. The summed E-state index contributed by atoms with van der Waals surface area (Å²) in [4.78, 5) is 13.6. The number of carbonyl (C=O) groups is 1. The van der Waals surface area contributed by atoms with Gasteiger partial charge in [-0.3, -0.25) is 4.79 Å². The van der Waals surface area contributed by atoms with E-state index in [2.05, 4.69) is 15.9 Å². The highest BCUT2D eigenvalue weighted by molar-refractivity contribution is 9.10. The van der Waals surface area contributed by atoms with Crippen molar-refractivity contribution in [1.29, 1.82) is 0 Å². The summed E-state index contributed by atoms with van der Waals surface area (Å²) in [6, 6.07) is 3.83. The van der Waals surface area contributed by atoms with E-state index in [0.29, 0.717) is 4.47 Å². The summed E-state index contributed by atoms with van der Waals surface area (Å²) in [6.45, 7) is 1.72. The first-order chi connectivity index (χ1) is 7.84. The summed E-state index contributed by atoms with van der Waals surface area (Å²) in [6.07, 6.45) is 0. The summed E-state index contributed by atoms with van der Waals surface area (Å²) in [5.74, 6) is -0.802. The standard InChI is InChI=1S/C11H12BrFN2OS/c1-6(10(14)17)15(2)11(16)7-3-4-8(12)9(13)5-7/h3-6H,1-2H3,(H2,14,17). The average molecular weight is 319 g/mol. The van der Waals surface area contributed by atoms with Gasteiger partial charge in [0.2, 0.25) is 0 Å². The third-order valence-electron chi connectivity index (χ3n) is 2.48. The van der Waals surface area contributed by atoms with E-state index < -0.39 is 5.82 Å². The third kappa shape index (κ3) is 3.23. The van der Waals surface area contributed by atoms with Crippen molar-refractivity contribution in [2.24, 2.45) is 5.73 Å². The zero-order chi connectivity index (χ0) is 13.2. The van der Waals surface area contributed by atoms with Gasteiger partial charge < -0.3 is 10.6 Å². The van der Waals surface area contributed by atoms with Crippen molar-refractivity contribution in [2.75, 3.05) is 7.05 Å². The van der Waals surface area contributed by atoms with E-state index in [-0.39, 0.29) is 22.5 Å². The van der Waals surface area contributed by atoms with Gasteiger partial charge in [-0.25, -0.2) is 4.39 Å². The number of thiocarbonyl (C=S) groups is 1. The van der Waals surface area contributed by atoms with E-state index in [1.165, 1.54) is 23.1 Å². The van der Waals surface area contributed by atoms with Gasteiger partial charge in [0.05, 0.1) is 15.5 Å². The molecule has 0 bridgehead atoms. The van der Waals surface area contributed by atoms with Crippen LogP contribution in [-0.2, 0) is 0 Å². The molecule has 0 spiro atoms. The molecule has 0 aliphatic rings. The van der Waals surface area contributed by atoms with Crippen LogP contribution in [0.3, 0.4) is 0 Å². The monoisotopic (exact) mass is 318 g/mol. The van der Waals surface area contributed by atoms with Gasteiger partial charge in [-0.05, 0) is 41.1 Å². The van der Waals surface area contributed by atoms with Gasteiger partial charge in [0, 0.05) is 12.6 Å². The predicted octanol–water partition coefficient (Wildman–Crippen LogP) is 2.33. The Bertz CT molecular complexity index is 467. The average Bonchev–Trinajstić information content (AvgIpc) is 2.29. The molecule has 1 rings (SSSR count). The van der Waals surface area contributed by atoms with Gasteiger partial charge in [0.15, 0.2) is 0 Å². The minimum absolute atomic E-state index is 0.221. The molecular weight excluding hydrogens is 307 g/mol. The van der Waals surface area contributed by atoms with Crippen molar-refractivity contribution in [3.8, 4) is 0 Å². The van der Waals surface area contributed by atoms with Crippen molar-refractivity contribution < 1.29 is 9.18 Å². The van der Waals surface area contributed by atoms with Crippen LogP contribution in [0, 0.1) is 5.82 Å². The molecule has 0 saturated heterocycles. The molecule has 1 amide bonds. The Morgan fingerprint density at radius 1 is 1.59 bits per heavy atom. The lowest BCUT2D eigenvalue weighted by atomic mass is 10.1. The van der Waals surface area contributed by atoms with E-state index >= 15 is 0 Å². The Balaban J connectivity index is 2.96. The predicted molar refractivity (Wildman–Crippen MR) is 72.4 cm³/mol. The van der Waals surface area contributed by atoms with Gasteiger partial charge >= 0.3 is 0 Å². The van der Waals surface area contributed by atoms with Crippen molar-refractivity contribution >= 4 is 39.0 Å². The van der Waals surface area contributed by atoms with Crippen molar-refractivity contribution in [1.82, 2.24) is 4.90 Å². The lowest BCUT2D eigenvalue weighted by Crippen LogP contribution is -2.42. The molecule has 1 unspecified atom stereocenters. The number of hydrogen-bond donors (Lipinski definition) is 1. The maximum Gasteiger partial charge on any atom is 0.254 e. The minimum Gasteiger partial charge on any atom is -0.392 e. The van der Waals surface area contributed by atoms with Gasteiger partial charge in [-0.15, -0.1) is 0 Å². The highest BCUT2D eigenvalue weighted by Crippen LogP contribution is 2.17. The molecule has 0 radical (unpaired) electrons. The van der Waals surface area contributed by atoms with Gasteiger partial charge in [-0.2, -0.15) is 0 Å². The van der Waals surface area contributed by atoms with Crippen LogP contribution in [0.25, 0.3) is 0 Å². The summed E-state index contributed by atoms with van der Waals surface area (Å²) >= 11 is 7.84. The number of carbonyl (C=O) groups excluding carboxylic acids is 1. The minimum atomic E-state index is -0.479. The van der Waals surface area contributed by atoms with Gasteiger partial charge in [0.1, 0.15) is 5.82 Å². The number of halogens is 2. The second kappa shape index (κ2) is 5.55. The molecule has 1 aromatic carbocycles. The quantitative estimate of drug-likeness (QED) is 0.870. The van der Waals surface area contributed by atoms with E-state index in [0.717, 1.165) is 0 Å². The number of amides is 1. The van der Waals surface area contributed by atoms with Crippen molar-refractivity contribution in [3.63, 3.8) is 0 Å². The number of nitrogens with two attached hydrogens (primary N) is 1. The molecule has 0 saturated carbocycles. The lowest BCUT2D eigenvalue weighted by Gasteiger charge is -2.24. The number of rotatable bonds is 3. The highest BCUT2D eigenvalue weighted by Gasteiger charge is 2.19. The SMILES string of the molecule is CC(C(N)=S)N(C)C(=O)c1ccc(Br)c(F)c1. The molecule has 2 N–H and O–H groups in total. The topological polar surface area (TPSA) is 46.3 Å². The number of benzene rings is 1. The second-order valence-electron chi connectivity index (χ2n) is 3.62. The molecule has 0 aliphatic heterocycles. The van der Waals surface area contributed by atoms with Crippen LogP contribution in [0.4, 0.5) is 4.39 Å². The van der Waals surface area contributed by atoms with E-state index in [9.17, 15) is 9.18 Å². The fourth-order valence-corrected chi connectivity index (χ4v) is 1.60. The van der Waals surface area contributed by atoms with Crippen LogP contribution in [0.1, 0.15) is 17.3 Å². The maximum atomic E-state index is 13.3. The zero-order valence-corrected chi connectivity index (χ0v) is 11.8. The first-order valence-electron chi connectivity index (χ1n) is 4.86. The second-order valence-corrected chi connectivity index (χ2v) is 4.95. The first kappa shape index (κ1) is 14.1. The fraction of sp³-hybridized carbons (Fsp3) is 0.273. The van der Waals surface area contributed by atoms with Crippen molar-refractivity contribution in [3.05, 3.63) is 34.1 Å². The molecule has 0 aliphatic carbocycles. The molecule has 17 heavy (non-hydrogen) atoms. The van der Waals surface area contributed by atoms with Crippen LogP contribution >= 0.6 is 28.1 Å².